The molecule has 1 aromatic heterocycles. The maximum atomic E-state index is 14.0. The number of nitrogens with zero attached hydrogens (tertiary/aromatic N) is 2. The van der Waals surface area contributed by atoms with Crippen LogP contribution in [0.15, 0.2) is 48.5 Å². The number of esters is 1. The number of fused-ring (bicyclic) bond motifs is 1. The largest absolute Gasteiger partial charge is 0.462 e. The second kappa shape index (κ2) is 9.35. The number of thiophene rings is 1. The van der Waals surface area contributed by atoms with Gasteiger partial charge in [0.05, 0.1) is 23.9 Å². The molecule has 2 amide bonds. The molecule has 3 heterocycles. The summed E-state index contributed by atoms with van der Waals surface area (Å²) in [6.45, 7) is 7.54. The van der Waals surface area contributed by atoms with Gasteiger partial charge in [0.2, 0.25) is 5.91 Å². The van der Waals surface area contributed by atoms with Crippen molar-refractivity contribution in [3.05, 3.63) is 80.7 Å². The summed E-state index contributed by atoms with van der Waals surface area (Å²) in [6, 6.07) is 14.3. The lowest BCUT2D eigenvalue weighted by Crippen LogP contribution is -2.37. The van der Waals surface area contributed by atoms with Crippen LogP contribution in [0, 0.1) is 26.7 Å². The topological polar surface area (TPSA) is 76.2 Å². The maximum Gasteiger partial charge on any atom is 0.341 e. The first-order valence-electron chi connectivity index (χ1n) is 11.7. The smallest absolute Gasteiger partial charge is 0.341 e. The number of carbonyl (C=O) groups is 3. The lowest BCUT2D eigenvalue weighted by molar-refractivity contribution is -0.126. The Hall–Kier alpha value is -3.20. The molecule has 3 aromatic rings. The number of rotatable bonds is 5. The average molecular weight is 525 g/mol. The quantitative estimate of drug-likeness (QED) is 0.321. The van der Waals surface area contributed by atoms with Crippen molar-refractivity contribution in [1.82, 2.24) is 0 Å². The van der Waals surface area contributed by atoms with E-state index in [0.29, 0.717) is 16.3 Å². The van der Waals surface area contributed by atoms with Crippen LogP contribution < -0.4 is 9.96 Å². The average Bonchev–Trinajstić information content (AvgIpc) is 3.45. The standard InChI is InChI=1S/C27H25ClN2O5S/c1-5-34-27(33)20-15(3)16(4)36-26(20)29-24(31)21-22(17-8-6-14(2)7-9-17)30(35-23(21)25(29)32)19-12-10-18(28)11-13-19/h6-13,21-23H,5H2,1-4H3/t21-,22+,23+/m0/s1. The Bertz CT molecular complexity index is 1350. The molecule has 3 atom stereocenters. The van der Waals surface area contributed by atoms with Gasteiger partial charge in [-0.25, -0.2) is 14.8 Å². The monoisotopic (exact) mass is 524 g/mol. The molecule has 2 saturated heterocycles. The first-order valence-corrected chi connectivity index (χ1v) is 12.9. The Morgan fingerprint density at radius 1 is 1.03 bits per heavy atom. The van der Waals surface area contributed by atoms with E-state index in [1.807, 2.05) is 38.1 Å². The zero-order valence-corrected chi connectivity index (χ0v) is 21.9. The van der Waals surface area contributed by atoms with Gasteiger partial charge in [-0.2, -0.15) is 0 Å². The van der Waals surface area contributed by atoms with Gasteiger partial charge in [0.25, 0.3) is 5.91 Å². The van der Waals surface area contributed by atoms with Crippen LogP contribution in [-0.2, 0) is 19.2 Å². The number of benzene rings is 2. The molecule has 36 heavy (non-hydrogen) atoms. The summed E-state index contributed by atoms with van der Waals surface area (Å²) in [5.74, 6) is -2.25. The van der Waals surface area contributed by atoms with Crippen LogP contribution in [0.2, 0.25) is 5.02 Å². The number of anilines is 2. The Morgan fingerprint density at radius 2 is 1.69 bits per heavy atom. The van der Waals surface area contributed by atoms with Crippen LogP contribution in [0.5, 0.6) is 0 Å². The number of hydrogen-bond donors (Lipinski definition) is 0. The molecule has 2 aliphatic rings. The number of carbonyl (C=O) groups excluding carboxylic acids is 3. The molecule has 0 bridgehead atoms. The summed E-state index contributed by atoms with van der Waals surface area (Å²) < 4.78 is 5.24. The van der Waals surface area contributed by atoms with Gasteiger partial charge < -0.3 is 4.74 Å². The van der Waals surface area contributed by atoms with Crippen molar-refractivity contribution in [1.29, 1.82) is 0 Å². The third-order valence-corrected chi connectivity index (χ3v) is 8.11. The van der Waals surface area contributed by atoms with Crippen molar-refractivity contribution in [2.75, 3.05) is 16.6 Å². The van der Waals surface area contributed by atoms with Crippen LogP contribution in [0.1, 0.15) is 44.9 Å². The van der Waals surface area contributed by atoms with E-state index in [4.69, 9.17) is 21.2 Å². The second-order valence-corrected chi connectivity index (χ2v) is 10.5. The Balaban J connectivity index is 1.59. The molecule has 0 unspecified atom stereocenters. The van der Waals surface area contributed by atoms with Crippen molar-refractivity contribution < 1.29 is 24.0 Å². The summed E-state index contributed by atoms with van der Waals surface area (Å²) in [4.78, 5) is 48.6. The van der Waals surface area contributed by atoms with E-state index >= 15 is 0 Å². The molecule has 2 aromatic carbocycles. The highest BCUT2D eigenvalue weighted by Crippen LogP contribution is 2.49. The zero-order valence-electron chi connectivity index (χ0n) is 20.3. The number of hydroxylamine groups is 1. The minimum Gasteiger partial charge on any atom is -0.462 e. The van der Waals surface area contributed by atoms with Crippen molar-refractivity contribution >= 4 is 51.4 Å². The van der Waals surface area contributed by atoms with Crippen LogP contribution in [0.25, 0.3) is 0 Å². The van der Waals surface area contributed by atoms with Gasteiger partial charge >= 0.3 is 5.97 Å². The first kappa shape index (κ1) is 24.5. The molecule has 7 nitrogen and oxygen atoms in total. The molecule has 9 heteroatoms. The van der Waals surface area contributed by atoms with E-state index in [9.17, 15) is 14.4 Å². The fourth-order valence-corrected chi connectivity index (χ4v) is 6.02. The number of halogens is 1. The van der Waals surface area contributed by atoms with Crippen LogP contribution in [0.4, 0.5) is 10.7 Å². The number of aryl methyl sites for hydroxylation is 2. The highest BCUT2D eigenvalue weighted by molar-refractivity contribution is 7.17. The van der Waals surface area contributed by atoms with Gasteiger partial charge in [-0.1, -0.05) is 41.4 Å². The van der Waals surface area contributed by atoms with Gasteiger partial charge in [-0.05, 0) is 63.1 Å². The lowest BCUT2D eigenvalue weighted by atomic mass is 9.90. The lowest BCUT2D eigenvalue weighted by Gasteiger charge is -2.28. The molecule has 2 fully saturated rings. The molecule has 0 N–H and O–H groups in total. The molecular formula is C27H25ClN2O5S. The van der Waals surface area contributed by atoms with Gasteiger partial charge in [-0.15, -0.1) is 11.3 Å². The van der Waals surface area contributed by atoms with Gasteiger partial charge in [0.15, 0.2) is 6.10 Å². The van der Waals surface area contributed by atoms with Crippen LogP contribution in [0.3, 0.4) is 0 Å². The van der Waals surface area contributed by atoms with Crippen molar-refractivity contribution in [2.24, 2.45) is 5.92 Å². The second-order valence-electron chi connectivity index (χ2n) is 8.91. The molecule has 0 spiro atoms. The Kier molecular flexibility index (Phi) is 6.36. The van der Waals surface area contributed by atoms with Gasteiger partial charge in [0.1, 0.15) is 10.9 Å². The summed E-state index contributed by atoms with van der Waals surface area (Å²) >= 11 is 7.32. The summed E-state index contributed by atoms with van der Waals surface area (Å²) in [7, 11) is 0. The fourth-order valence-electron chi connectivity index (χ4n) is 4.74. The van der Waals surface area contributed by atoms with E-state index in [-0.39, 0.29) is 17.2 Å². The highest BCUT2D eigenvalue weighted by atomic mass is 35.5. The van der Waals surface area contributed by atoms with E-state index in [0.717, 1.165) is 20.9 Å². The maximum absolute atomic E-state index is 14.0. The van der Waals surface area contributed by atoms with E-state index < -0.39 is 35.8 Å². The van der Waals surface area contributed by atoms with E-state index in [2.05, 4.69) is 0 Å². The van der Waals surface area contributed by atoms with E-state index in [1.54, 1.807) is 43.2 Å². The van der Waals surface area contributed by atoms with Gasteiger partial charge in [-0.3, -0.25) is 14.4 Å². The SMILES string of the molecule is CCOC(=O)c1c(N2C(=O)[C@H]3[C@@H](c4ccc(C)cc4)N(c4ccc(Cl)cc4)O[C@H]3C2=O)sc(C)c1C. The molecule has 0 saturated carbocycles. The molecule has 0 aliphatic carbocycles. The Labute approximate surface area is 218 Å². The highest BCUT2D eigenvalue weighted by Gasteiger charge is 2.61. The van der Waals surface area contributed by atoms with Crippen molar-refractivity contribution in [3.63, 3.8) is 0 Å². The predicted molar refractivity (Wildman–Crippen MR) is 138 cm³/mol. The minimum absolute atomic E-state index is 0.189. The number of imide groups is 1. The number of hydrogen-bond acceptors (Lipinski definition) is 7. The summed E-state index contributed by atoms with van der Waals surface area (Å²) in [5.41, 5.74) is 3.55. The number of amides is 2. The first-order chi connectivity index (χ1) is 17.2. The molecule has 186 valence electrons. The number of ether oxygens (including phenoxy) is 1. The summed E-state index contributed by atoms with van der Waals surface area (Å²) in [5, 5.41) is 2.48. The van der Waals surface area contributed by atoms with Crippen LogP contribution >= 0.6 is 22.9 Å². The minimum atomic E-state index is -1.03. The molecule has 0 radical (unpaired) electrons. The molecule has 2 aliphatic heterocycles. The third kappa shape index (κ3) is 3.89. The normalized spacial score (nSPS) is 21.3. The van der Waals surface area contributed by atoms with Gasteiger partial charge in [0, 0.05) is 9.90 Å². The third-order valence-electron chi connectivity index (χ3n) is 6.66. The fraction of sp³-hybridized carbons (Fsp3) is 0.296. The van der Waals surface area contributed by atoms with E-state index in [1.165, 1.54) is 11.3 Å². The van der Waals surface area contributed by atoms with Crippen molar-refractivity contribution in [3.8, 4) is 0 Å². The zero-order chi connectivity index (χ0) is 25.7. The summed E-state index contributed by atoms with van der Waals surface area (Å²) in [6.07, 6.45) is -1.03. The molecule has 5 rings (SSSR count). The Morgan fingerprint density at radius 3 is 2.33 bits per heavy atom. The van der Waals surface area contributed by atoms with Crippen molar-refractivity contribution in [2.45, 2.75) is 39.8 Å². The van der Waals surface area contributed by atoms with Crippen LogP contribution in [-0.4, -0.2) is 30.5 Å². The molecular weight excluding hydrogens is 500 g/mol. The predicted octanol–water partition coefficient (Wildman–Crippen LogP) is 5.55.